The monoisotopic (exact) mass is 359 g/mol. The third-order valence-electron chi connectivity index (χ3n) is 3.84. The summed E-state index contributed by atoms with van der Waals surface area (Å²) in [4.78, 5) is 28.9. The Balaban J connectivity index is 1.45. The summed E-state index contributed by atoms with van der Waals surface area (Å²) >= 11 is 0. The fourth-order valence-corrected chi connectivity index (χ4v) is 2.51. The first-order valence-electron chi connectivity index (χ1n) is 8.00. The lowest BCUT2D eigenvalue weighted by Gasteiger charge is -2.08. The number of amides is 2. The van der Waals surface area contributed by atoms with E-state index in [1.807, 2.05) is 24.3 Å². The number of nitrogens with one attached hydrogen (secondary N) is 2. The third kappa shape index (κ3) is 3.47. The molecule has 0 aliphatic carbocycles. The average molecular weight is 359 g/mol. The van der Waals surface area contributed by atoms with Crippen LogP contribution in [0.1, 0.15) is 20.8 Å². The van der Waals surface area contributed by atoms with Crippen LogP contribution < -0.4 is 10.9 Å². The van der Waals surface area contributed by atoms with Gasteiger partial charge in [0.2, 0.25) is 0 Å². The van der Waals surface area contributed by atoms with Crippen molar-refractivity contribution < 1.29 is 9.59 Å². The lowest BCUT2D eigenvalue weighted by atomic mass is 10.2. The molecule has 0 aliphatic rings. The Bertz CT molecular complexity index is 1130. The van der Waals surface area contributed by atoms with E-state index in [-0.39, 0.29) is 5.69 Å². The van der Waals surface area contributed by atoms with Crippen LogP contribution in [0.15, 0.2) is 67.0 Å². The van der Waals surface area contributed by atoms with Crippen LogP contribution in [0.4, 0.5) is 0 Å². The zero-order valence-electron chi connectivity index (χ0n) is 13.9. The van der Waals surface area contributed by atoms with Crippen molar-refractivity contribution in [3.8, 4) is 5.69 Å². The number of rotatable bonds is 3. The molecule has 0 radical (unpaired) electrons. The summed E-state index contributed by atoms with van der Waals surface area (Å²) in [6.07, 6.45) is 1.42. The van der Waals surface area contributed by atoms with Crippen molar-refractivity contribution in [2.45, 2.75) is 0 Å². The van der Waals surface area contributed by atoms with Gasteiger partial charge >= 0.3 is 0 Å². The van der Waals surface area contributed by atoms with Gasteiger partial charge in [0, 0.05) is 10.9 Å². The maximum Gasteiger partial charge on any atom is 0.288 e. The SMILES string of the molecule is O=C(NNC(=O)c1ccc2ccccc2n1)c1cccc(-n2cnnn2)c1. The largest absolute Gasteiger partial charge is 0.288 e. The predicted octanol–water partition coefficient (Wildman–Crippen LogP) is 1.29. The minimum absolute atomic E-state index is 0.205. The summed E-state index contributed by atoms with van der Waals surface area (Å²) in [5.74, 6) is -0.982. The Morgan fingerprint density at radius 2 is 1.74 bits per heavy atom. The maximum absolute atomic E-state index is 12.3. The number of carbonyl (C=O) groups excluding carboxylic acids is 2. The molecule has 2 amide bonds. The first-order chi connectivity index (χ1) is 13.2. The molecule has 0 bridgehead atoms. The second kappa shape index (κ2) is 7.00. The van der Waals surface area contributed by atoms with Crippen LogP contribution in [0, 0.1) is 0 Å². The highest BCUT2D eigenvalue weighted by Crippen LogP contribution is 2.12. The van der Waals surface area contributed by atoms with Crippen LogP contribution >= 0.6 is 0 Å². The summed E-state index contributed by atoms with van der Waals surface area (Å²) in [7, 11) is 0. The molecule has 2 heterocycles. The van der Waals surface area contributed by atoms with Crippen LogP contribution in [0.5, 0.6) is 0 Å². The first-order valence-corrected chi connectivity index (χ1v) is 8.00. The molecule has 2 aromatic carbocycles. The van der Waals surface area contributed by atoms with Gasteiger partial charge in [-0.1, -0.05) is 30.3 Å². The van der Waals surface area contributed by atoms with Crippen LogP contribution in [-0.4, -0.2) is 37.0 Å². The molecule has 0 saturated heterocycles. The van der Waals surface area contributed by atoms with Crippen molar-refractivity contribution in [2.75, 3.05) is 0 Å². The molecule has 4 aromatic rings. The Hall–Kier alpha value is -4.14. The second-order valence-corrected chi connectivity index (χ2v) is 5.60. The fraction of sp³-hybridized carbons (Fsp3) is 0. The highest BCUT2D eigenvalue weighted by Gasteiger charge is 2.12. The van der Waals surface area contributed by atoms with E-state index in [0.29, 0.717) is 16.8 Å². The van der Waals surface area contributed by atoms with Crippen molar-refractivity contribution in [1.82, 2.24) is 36.0 Å². The van der Waals surface area contributed by atoms with Crippen LogP contribution in [-0.2, 0) is 0 Å². The maximum atomic E-state index is 12.3. The smallest absolute Gasteiger partial charge is 0.267 e. The van der Waals surface area contributed by atoms with Crippen LogP contribution in [0.2, 0.25) is 0 Å². The van der Waals surface area contributed by atoms with Gasteiger partial charge in [0.05, 0.1) is 11.2 Å². The summed E-state index contributed by atoms with van der Waals surface area (Å²) < 4.78 is 1.42. The van der Waals surface area contributed by atoms with Crippen LogP contribution in [0.25, 0.3) is 16.6 Å². The van der Waals surface area contributed by atoms with E-state index < -0.39 is 11.8 Å². The zero-order valence-corrected chi connectivity index (χ0v) is 13.9. The van der Waals surface area contributed by atoms with E-state index in [1.165, 1.54) is 11.0 Å². The molecule has 9 nitrogen and oxygen atoms in total. The number of benzene rings is 2. The minimum atomic E-state index is -0.509. The Morgan fingerprint density at radius 1 is 0.889 bits per heavy atom. The van der Waals surface area contributed by atoms with Crippen molar-refractivity contribution in [2.24, 2.45) is 0 Å². The molecule has 0 atom stereocenters. The lowest BCUT2D eigenvalue weighted by Crippen LogP contribution is -2.42. The molecule has 27 heavy (non-hydrogen) atoms. The second-order valence-electron chi connectivity index (χ2n) is 5.60. The number of nitrogens with zero attached hydrogens (tertiary/aromatic N) is 5. The molecule has 4 rings (SSSR count). The molecule has 0 saturated carbocycles. The van der Waals surface area contributed by atoms with Gasteiger partial charge in [-0.3, -0.25) is 20.4 Å². The van der Waals surface area contributed by atoms with Gasteiger partial charge < -0.3 is 0 Å². The number of hydrogen-bond donors (Lipinski definition) is 2. The summed E-state index contributed by atoms with van der Waals surface area (Å²) in [5.41, 5.74) is 6.61. The van der Waals surface area contributed by atoms with Crippen molar-refractivity contribution in [1.29, 1.82) is 0 Å². The molecule has 0 spiro atoms. The van der Waals surface area contributed by atoms with Gasteiger partial charge in [-0.05, 0) is 40.8 Å². The zero-order chi connectivity index (χ0) is 18.6. The number of para-hydroxylation sites is 1. The minimum Gasteiger partial charge on any atom is -0.267 e. The highest BCUT2D eigenvalue weighted by molar-refractivity contribution is 5.99. The van der Waals surface area contributed by atoms with E-state index in [0.717, 1.165) is 5.39 Å². The van der Waals surface area contributed by atoms with Gasteiger partial charge in [-0.15, -0.1) is 5.10 Å². The molecular formula is C18H13N7O2. The number of hydrazine groups is 1. The number of tetrazole rings is 1. The Labute approximate surface area is 153 Å². The van der Waals surface area contributed by atoms with E-state index in [4.69, 9.17) is 0 Å². The van der Waals surface area contributed by atoms with Gasteiger partial charge in [0.15, 0.2) is 0 Å². The number of fused-ring (bicyclic) bond motifs is 1. The quantitative estimate of drug-likeness (QED) is 0.533. The number of carbonyl (C=O) groups is 2. The van der Waals surface area contributed by atoms with E-state index in [2.05, 4.69) is 31.4 Å². The molecule has 132 valence electrons. The lowest BCUT2D eigenvalue weighted by molar-refractivity contribution is 0.0844. The van der Waals surface area contributed by atoms with Gasteiger partial charge in [0.25, 0.3) is 11.8 Å². The topological polar surface area (TPSA) is 115 Å². The normalized spacial score (nSPS) is 10.5. The molecule has 0 aliphatic heterocycles. The molecular weight excluding hydrogens is 346 g/mol. The molecule has 0 fully saturated rings. The van der Waals surface area contributed by atoms with E-state index >= 15 is 0 Å². The summed E-state index contributed by atoms with van der Waals surface area (Å²) in [5, 5.41) is 11.8. The summed E-state index contributed by atoms with van der Waals surface area (Å²) in [6, 6.07) is 17.5. The fourth-order valence-electron chi connectivity index (χ4n) is 2.51. The third-order valence-corrected chi connectivity index (χ3v) is 3.84. The Morgan fingerprint density at radius 3 is 2.59 bits per heavy atom. The highest BCUT2D eigenvalue weighted by atomic mass is 16.2. The number of pyridine rings is 1. The Kier molecular flexibility index (Phi) is 4.24. The summed E-state index contributed by atoms with van der Waals surface area (Å²) in [6.45, 7) is 0. The first kappa shape index (κ1) is 16.3. The van der Waals surface area contributed by atoms with E-state index in [1.54, 1.807) is 36.4 Å². The predicted molar refractivity (Wildman–Crippen MR) is 95.8 cm³/mol. The number of hydrogen-bond acceptors (Lipinski definition) is 6. The van der Waals surface area contributed by atoms with Crippen LogP contribution in [0.3, 0.4) is 0 Å². The average Bonchev–Trinajstić information content (AvgIpc) is 3.26. The van der Waals surface area contributed by atoms with Crippen molar-refractivity contribution >= 4 is 22.7 Å². The molecule has 0 unspecified atom stereocenters. The van der Waals surface area contributed by atoms with E-state index in [9.17, 15) is 9.59 Å². The van der Waals surface area contributed by atoms with Crippen molar-refractivity contribution in [3.05, 3.63) is 78.2 Å². The molecule has 2 N–H and O–H groups in total. The standard InChI is InChI=1S/C18H13N7O2/c26-17(13-5-3-6-14(10-13)25-11-19-23-24-25)21-22-18(27)16-9-8-12-4-1-2-7-15(12)20-16/h1-11H,(H,21,26)(H,22,27). The van der Waals surface area contributed by atoms with Gasteiger partial charge in [0.1, 0.15) is 12.0 Å². The van der Waals surface area contributed by atoms with Gasteiger partial charge in [-0.2, -0.15) is 0 Å². The number of aromatic nitrogens is 5. The molecule has 2 aromatic heterocycles. The van der Waals surface area contributed by atoms with Crippen molar-refractivity contribution in [3.63, 3.8) is 0 Å². The molecule has 9 heteroatoms. The van der Waals surface area contributed by atoms with Gasteiger partial charge in [-0.25, -0.2) is 9.67 Å².